The summed E-state index contributed by atoms with van der Waals surface area (Å²) in [6, 6.07) is 3.65. The summed E-state index contributed by atoms with van der Waals surface area (Å²) in [7, 11) is 0. The second-order valence-corrected chi connectivity index (χ2v) is 7.86. The molecule has 14 heteroatoms. The number of urea groups is 1. The van der Waals surface area contributed by atoms with Crippen LogP contribution in [0.2, 0.25) is 0 Å². The van der Waals surface area contributed by atoms with Crippen molar-refractivity contribution in [2.75, 3.05) is 0 Å². The molecule has 0 aromatic heterocycles. The molecule has 1 saturated heterocycles. The zero-order valence-electron chi connectivity index (χ0n) is 15.3. The number of hydrogen-bond acceptors (Lipinski definition) is 6. The van der Waals surface area contributed by atoms with Gasteiger partial charge in [0.15, 0.2) is 5.75 Å². The number of halogens is 5. The van der Waals surface area contributed by atoms with E-state index in [4.69, 9.17) is 4.74 Å². The van der Waals surface area contributed by atoms with E-state index in [1.54, 1.807) is 0 Å². The Balaban J connectivity index is 1.97. The number of nitro groups is 1. The number of barbiturate groups is 1. The van der Waals surface area contributed by atoms with Crippen LogP contribution < -0.4 is 15.4 Å². The van der Waals surface area contributed by atoms with E-state index in [9.17, 15) is 37.7 Å². The predicted molar refractivity (Wildman–Crippen MR) is 110 cm³/mol. The van der Waals surface area contributed by atoms with Crippen molar-refractivity contribution in [2.45, 2.75) is 6.18 Å². The van der Waals surface area contributed by atoms with Crippen molar-refractivity contribution in [3.8, 4) is 11.5 Å². The zero-order valence-corrected chi connectivity index (χ0v) is 18.4. The number of rotatable bonds is 4. The number of nitrogens with one attached hydrogen (secondary N) is 2. The van der Waals surface area contributed by atoms with E-state index in [1.807, 2.05) is 10.6 Å². The van der Waals surface area contributed by atoms with Crippen molar-refractivity contribution in [2.24, 2.45) is 0 Å². The largest absolute Gasteiger partial charge is 0.448 e. The Morgan fingerprint density at radius 2 is 1.56 bits per heavy atom. The second kappa shape index (κ2) is 8.70. The first-order chi connectivity index (χ1) is 14.9. The van der Waals surface area contributed by atoms with Crippen LogP contribution in [0.1, 0.15) is 11.1 Å². The molecule has 2 aromatic rings. The summed E-state index contributed by atoms with van der Waals surface area (Å²) in [5.41, 5.74) is -2.16. The standard InChI is InChI=1S/C18H8Br2F3N3O6/c19-10-4-7(3-9-15(27)24-17(29)25-16(9)28)5-11(20)14(10)32-13-2-1-8(18(21,22)23)6-12(13)26(30)31/h1-6H,(H2,24,25,27,28,29). The highest BCUT2D eigenvalue weighted by Gasteiger charge is 2.34. The van der Waals surface area contributed by atoms with Gasteiger partial charge in [0, 0.05) is 6.07 Å². The minimum atomic E-state index is -4.78. The Hall–Kier alpha value is -3.26. The Bertz CT molecular complexity index is 1170. The van der Waals surface area contributed by atoms with Crippen molar-refractivity contribution in [3.63, 3.8) is 0 Å². The Morgan fingerprint density at radius 1 is 1.00 bits per heavy atom. The molecule has 0 bridgehead atoms. The van der Waals surface area contributed by atoms with E-state index in [2.05, 4.69) is 31.9 Å². The van der Waals surface area contributed by atoms with Crippen molar-refractivity contribution in [1.82, 2.24) is 10.6 Å². The highest BCUT2D eigenvalue weighted by atomic mass is 79.9. The summed E-state index contributed by atoms with van der Waals surface area (Å²) in [6.45, 7) is 0. The molecule has 9 nitrogen and oxygen atoms in total. The lowest BCUT2D eigenvalue weighted by Gasteiger charge is -2.15. The molecule has 166 valence electrons. The number of hydrogen-bond donors (Lipinski definition) is 2. The molecule has 0 unspecified atom stereocenters. The number of nitrogens with zero attached hydrogens (tertiary/aromatic N) is 1. The lowest BCUT2D eigenvalue weighted by atomic mass is 10.1. The van der Waals surface area contributed by atoms with E-state index in [0.717, 1.165) is 6.07 Å². The smallest absolute Gasteiger partial charge is 0.416 e. The van der Waals surface area contributed by atoms with Crippen molar-refractivity contribution >= 4 is 61.5 Å². The first kappa shape index (κ1) is 23.4. The van der Waals surface area contributed by atoms with Gasteiger partial charge in [-0.05, 0) is 67.8 Å². The number of amides is 4. The molecule has 0 atom stereocenters. The fraction of sp³-hybridized carbons (Fsp3) is 0.0556. The van der Waals surface area contributed by atoms with Gasteiger partial charge in [0.25, 0.3) is 11.8 Å². The molecule has 2 N–H and O–H groups in total. The molecule has 1 aliphatic rings. The molecule has 1 aliphatic heterocycles. The molecule has 32 heavy (non-hydrogen) atoms. The molecule has 1 heterocycles. The summed E-state index contributed by atoms with van der Waals surface area (Å²) in [6.07, 6.45) is -3.60. The molecule has 0 spiro atoms. The fourth-order valence-corrected chi connectivity index (χ4v) is 3.95. The van der Waals surface area contributed by atoms with Gasteiger partial charge in [-0.2, -0.15) is 13.2 Å². The van der Waals surface area contributed by atoms with Gasteiger partial charge in [0.05, 0.1) is 19.4 Å². The van der Waals surface area contributed by atoms with Crippen LogP contribution >= 0.6 is 31.9 Å². The summed E-state index contributed by atoms with van der Waals surface area (Å²) in [5, 5.41) is 15.1. The van der Waals surface area contributed by atoms with E-state index < -0.39 is 45.9 Å². The van der Waals surface area contributed by atoms with Gasteiger partial charge >= 0.3 is 17.9 Å². The maximum atomic E-state index is 12.9. The van der Waals surface area contributed by atoms with Crippen molar-refractivity contribution in [1.29, 1.82) is 0 Å². The van der Waals surface area contributed by atoms with E-state index >= 15 is 0 Å². The number of imide groups is 2. The van der Waals surface area contributed by atoms with Gasteiger partial charge in [-0.3, -0.25) is 30.3 Å². The Kier molecular flexibility index (Phi) is 6.37. The van der Waals surface area contributed by atoms with Gasteiger partial charge in [-0.25, -0.2) is 4.79 Å². The third kappa shape index (κ3) is 4.96. The van der Waals surface area contributed by atoms with E-state index in [-0.39, 0.29) is 20.3 Å². The van der Waals surface area contributed by atoms with Crippen LogP contribution in [-0.2, 0) is 15.8 Å². The number of ether oxygens (including phenoxy) is 1. The van der Waals surface area contributed by atoms with Crippen molar-refractivity contribution < 1.29 is 37.2 Å². The third-order valence-corrected chi connectivity index (χ3v) is 5.15. The molecule has 0 radical (unpaired) electrons. The summed E-state index contributed by atoms with van der Waals surface area (Å²) < 4.78 is 44.5. The maximum absolute atomic E-state index is 12.9. The lowest BCUT2D eigenvalue weighted by molar-refractivity contribution is -0.385. The quantitative estimate of drug-likeness (QED) is 0.235. The molecule has 4 amide bonds. The average Bonchev–Trinajstić information content (AvgIpc) is 2.66. The number of alkyl halides is 3. The van der Waals surface area contributed by atoms with E-state index in [0.29, 0.717) is 17.7 Å². The van der Waals surface area contributed by atoms with Crippen LogP contribution in [0.15, 0.2) is 44.9 Å². The van der Waals surface area contributed by atoms with Crippen molar-refractivity contribution in [3.05, 3.63) is 66.1 Å². The topological polar surface area (TPSA) is 128 Å². The highest BCUT2D eigenvalue weighted by molar-refractivity contribution is 9.11. The third-order valence-electron chi connectivity index (χ3n) is 3.97. The number of carbonyl (C=O) groups is 3. The number of carbonyl (C=O) groups excluding carboxylic acids is 3. The molecule has 3 rings (SSSR count). The Morgan fingerprint density at radius 3 is 2.06 bits per heavy atom. The molecule has 2 aromatic carbocycles. The molecular formula is C18H8Br2F3N3O6. The van der Waals surface area contributed by atoms with Crippen LogP contribution in [0.5, 0.6) is 11.5 Å². The Labute approximate surface area is 193 Å². The SMILES string of the molecule is O=C1NC(=O)C(=Cc2cc(Br)c(Oc3ccc(C(F)(F)F)cc3[N+](=O)[O-])c(Br)c2)C(=O)N1. The number of benzene rings is 2. The van der Waals surface area contributed by atoms with Crippen LogP contribution in [0.25, 0.3) is 6.08 Å². The first-order valence-corrected chi connectivity index (χ1v) is 9.86. The first-order valence-electron chi connectivity index (χ1n) is 8.27. The zero-order chi connectivity index (χ0) is 23.8. The van der Waals surface area contributed by atoms with Gasteiger partial charge in [0.1, 0.15) is 5.57 Å². The maximum Gasteiger partial charge on any atom is 0.416 e. The van der Waals surface area contributed by atoms with Gasteiger partial charge in [-0.1, -0.05) is 0 Å². The normalized spacial score (nSPS) is 14.0. The second-order valence-electron chi connectivity index (χ2n) is 6.15. The fourth-order valence-electron chi connectivity index (χ4n) is 2.57. The minimum absolute atomic E-state index is 0.0114. The molecular weight excluding hydrogens is 571 g/mol. The van der Waals surface area contributed by atoms with E-state index in [1.165, 1.54) is 18.2 Å². The summed E-state index contributed by atoms with van der Waals surface area (Å²) in [4.78, 5) is 45.1. The van der Waals surface area contributed by atoms with Crippen LogP contribution in [-0.4, -0.2) is 22.8 Å². The van der Waals surface area contributed by atoms with Crippen LogP contribution in [0, 0.1) is 10.1 Å². The summed E-state index contributed by atoms with van der Waals surface area (Å²) in [5.74, 6) is -2.28. The molecule has 1 fully saturated rings. The summed E-state index contributed by atoms with van der Waals surface area (Å²) >= 11 is 6.36. The highest BCUT2D eigenvalue weighted by Crippen LogP contribution is 2.42. The van der Waals surface area contributed by atoms with Crippen LogP contribution in [0.3, 0.4) is 0 Å². The van der Waals surface area contributed by atoms with Gasteiger partial charge in [0.2, 0.25) is 5.75 Å². The minimum Gasteiger partial charge on any atom is -0.448 e. The average molecular weight is 579 g/mol. The predicted octanol–water partition coefficient (Wildman–Crippen LogP) is 4.68. The van der Waals surface area contributed by atoms with Crippen LogP contribution in [0.4, 0.5) is 23.7 Å². The lowest BCUT2D eigenvalue weighted by Crippen LogP contribution is -2.51. The monoisotopic (exact) mass is 577 g/mol. The van der Waals surface area contributed by atoms with Gasteiger partial charge in [-0.15, -0.1) is 0 Å². The number of nitro benzene ring substituents is 1. The molecule has 0 aliphatic carbocycles. The van der Waals surface area contributed by atoms with Gasteiger partial charge < -0.3 is 4.74 Å². The molecule has 0 saturated carbocycles.